The van der Waals surface area contributed by atoms with Gasteiger partial charge in [-0.2, -0.15) is 5.26 Å². The van der Waals surface area contributed by atoms with E-state index in [0.717, 1.165) is 0 Å². The molecule has 8 nitrogen and oxygen atoms in total. The summed E-state index contributed by atoms with van der Waals surface area (Å²) in [5, 5.41) is 20.0. The van der Waals surface area contributed by atoms with Crippen LogP contribution in [0.25, 0.3) is 0 Å². The van der Waals surface area contributed by atoms with Gasteiger partial charge in [-0.15, -0.1) is 0 Å². The summed E-state index contributed by atoms with van der Waals surface area (Å²) in [7, 11) is 2.84. The number of nitro groups is 1. The molecule has 0 spiro atoms. The molecule has 1 heterocycles. The number of ether oxygens (including phenoxy) is 1. The van der Waals surface area contributed by atoms with Crippen LogP contribution in [0.1, 0.15) is 12.5 Å². The molecule has 20 heavy (non-hydrogen) atoms. The topological polar surface area (TPSA) is 109 Å². The number of anilines is 1. The second-order valence-electron chi connectivity index (χ2n) is 4.20. The van der Waals surface area contributed by atoms with Crippen LogP contribution in [0.5, 0.6) is 0 Å². The first-order valence-electron chi connectivity index (χ1n) is 5.74. The Labute approximate surface area is 115 Å². The van der Waals surface area contributed by atoms with E-state index < -0.39 is 16.8 Å². The summed E-state index contributed by atoms with van der Waals surface area (Å²) in [4.78, 5) is 27.2. The molecule has 1 aromatic heterocycles. The van der Waals surface area contributed by atoms with Crippen LogP contribution in [-0.4, -0.2) is 36.6 Å². The van der Waals surface area contributed by atoms with Gasteiger partial charge in [-0.05, 0) is 6.07 Å². The summed E-state index contributed by atoms with van der Waals surface area (Å²) in [5.74, 6) is -0.849. The molecule has 0 fully saturated rings. The fourth-order valence-corrected chi connectivity index (χ4v) is 1.77. The molecule has 0 N–H and O–H groups in total. The van der Waals surface area contributed by atoms with E-state index in [0.29, 0.717) is 0 Å². The third-order valence-corrected chi connectivity index (χ3v) is 2.72. The van der Waals surface area contributed by atoms with Gasteiger partial charge in [0, 0.05) is 19.8 Å². The SMILES string of the molecule is COC(=O)C(C)CN(C)c1nccc(C#N)c1[N+](=O)[O-]. The summed E-state index contributed by atoms with van der Waals surface area (Å²) < 4.78 is 4.60. The zero-order chi connectivity index (χ0) is 15.3. The minimum absolute atomic E-state index is 0.0461. The van der Waals surface area contributed by atoms with Crippen LogP contribution in [0.3, 0.4) is 0 Å². The Kier molecular flexibility index (Phi) is 4.97. The maximum atomic E-state index is 11.4. The van der Waals surface area contributed by atoms with Crippen LogP contribution in [0.4, 0.5) is 11.5 Å². The molecule has 0 aromatic carbocycles. The van der Waals surface area contributed by atoms with Crippen LogP contribution in [-0.2, 0) is 9.53 Å². The van der Waals surface area contributed by atoms with Gasteiger partial charge < -0.3 is 9.64 Å². The lowest BCUT2D eigenvalue weighted by Gasteiger charge is -2.21. The Morgan fingerprint density at radius 1 is 1.70 bits per heavy atom. The molecule has 0 saturated heterocycles. The molecular formula is C12H14N4O4. The fraction of sp³-hybridized carbons (Fsp3) is 0.417. The third-order valence-electron chi connectivity index (χ3n) is 2.72. The lowest BCUT2D eigenvalue weighted by Crippen LogP contribution is -2.30. The van der Waals surface area contributed by atoms with Crippen molar-refractivity contribution in [2.45, 2.75) is 6.92 Å². The lowest BCUT2D eigenvalue weighted by molar-refractivity contribution is -0.384. The number of pyridine rings is 1. The number of carbonyl (C=O) groups excluding carboxylic acids is 1. The zero-order valence-electron chi connectivity index (χ0n) is 11.4. The number of aromatic nitrogens is 1. The van der Waals surface area contributed by atoms with E-state index in [1.54, 1.807) is 20.0 Å². The molecule has 0 saturated carbocycles. The van der Waals surface area contributed by atoms with Crippen LogP contribution in [0.2, 0.25) is 0 Å². The van der Waals surface area contributed by atoms with E-state index in [2.05, 4.69) is 9.72 Å². The number of carbonyl (C=O) groups is 1. The van der Waals surface area contributed by atoms with E-state index in [1.807, 2.05) is 0 Å². The predicted molar refractivity (Wildman–Crippen MR) is 70.1 cm³/mol. The van der Waals surface area contributed by atoms with Gasteiger partial charge in [0.15, 0.2) is 0 Å². The van der Waals surface area contributed by atoms with Crippen molar-refractivity contribution in [2.75, 3.05) is 25.6 Å². The molecular weight excluding hydrogens is 264 g/mol. The quantitative estimate of drug-likeness (QED) is 0.450. The number of nitriles is 1. The minimum Gasteiger partial charge on any atom is -0.469 e. The third kappa shape index (κ3) is 3.20. The van der Waals surface area contributed by atoms with E-state index in [9.17, 15) is 14.9 Å². The number of esters is 1. The summed E-state index contributed by atoms with van der Waals surface area (Å²) in [6.45, 7) is 1.83. The van der Waals surface area contributed by atoms with E-state index in [-0.39, 0.29) is 23.6 Å². The Hall–Kier alpha value is -2.69. The fourth-order valence-electron chi connectivity index (χ4n) is 1.77. The predicted octanol–water partition coefficient (Wildman–Crippen LogP) is 1.11. The molecule has 0 radical (unpaired) electrons. The Bertz CT molecular complexity index is 567. The molecule has 1 unspecified atom stereocenters. The van der Waals surface area contributed by atoms with Gasteiger partial charge in [0.2, 0.25) is 5.82 Å². The zero-order valence-corrected chi connectivity index (χ0v) is 11.4. The Balaban J connectivity index is 3.11. The normalized spacial score (nSPS) is 11.3. The molecule has 106 valence electrons. The lowest BCUT2D eigenvalue weighted by atomic mass is 10.1. The van der Waals surface area contributed by atoms with E-state index in [1.165, 1.54) is 24.3 Å². The highest BCUT2D eigenvalue weighted by atomic mass is 16.6. The van der Waals surface area contributed by atoms with Gasteiger partial charge in [0.25, 0.3) is 0 Å². The monoisotopic (exact) mass is 278 g/mol. The van der Waals surface area contributed by atoms with Gasteiger partial charge in [-0.3, -0.25) is 14.9 Å². The Morgan fingerprint density at radius 3 is 2.85 bits per heavy atom. The second-order valence-corrected chi connectivity index (χ2v) is 4.20. The van der Waals surface area contributed by atoms with Crippen molar-refractivity contribution in [1.29, 1.82) is 5.26 Å². The van der Waals surface area contributed by atoms with Crippen molar-refractivity contribution >= 4 is 17.5 Å². The smallest absolute Gasteiger partial charge is 0.329 e. The average molecular weight is 278 g/mol. The molecule has 1 atom stereocenters. The van der Waals surface area contributed by atoms with Crippen molar-refractivity contribution in [3.63, 3.8) is 0 Å². The number of hydrogen-bond donors (Lipinski definition) is 0. The molecule has 1 rings (SSSR count). The molecule has 0 bridgehead atoms. The standard InChI is InChI=1S/C12H14N4O4/c1-8(12(17)20-3)7-15(2)11-10(16(18)19)9(6-13)4-5-14-11/h4-5,8H,7H2,1-3H3. The van der Waals surface area contributed by atoms with Crippen LogP contribution in [0.15, 0.2) is 12.3 Å². The highest BCUT2D eigenvalue weighted by Crippen LogP contribution is 2.28. The van der Waals surface area contributed by atoms with Crippen LogP contribution >= 0.6 is 0 Å². The first-order valence-corrected chi connectivity index (χ1v) is 5.74. The van der Waals surface area contributed by atoms with Crippen molar-refractivity contribution in [2.24, 2.45) is 5.92 Å². The molecule has 0 amide bonds. The highest BCUT2D eigenvalue weighted by Gasteiger charge is 2.26. The Morgan fingerprint density at radius 2 is 2.35 bits per heavy atom. The maximum absolute atomic E-state index is 11.4. The first kappa shape index (κ1) is 15.4. The molecule has 1 aromatic rings. The largest absolute Gasteiger partial charge is 0.469 e. The number of methoxy groups -OCH3 is 1. The summed E-state index contributed by atoms with van der Waals surface area (Å²) in [6, 6.07) is 3.04. The van der Waals surface area contributed by atoms with Gasteiger partial charge >= 0.3 is 11.7 Å². The van der Waals surface area contributed by atoms with Crippen molar-refractivity contribution in [1.82, 2.24) is 4.98 Å². The highest BCUT2D eigenvalue weighted by molar-refractivity contribution is 5.73. The van der Waals surface area contributed by atoms with E-state index in [4.69, 9.17) is 5.26 Å². The first-order chi connectivity index (χ1) is 9.42. The molecule has 8 heteroatoms. The van der Waals surface area contributed by atoms with Gasteiger partial charge in [-0.1, -0.05) is 6.92 Å². The van der Waals surface area contributed by atoms with E-state index >= 15 is 0 Å². The van der Waals surface area contributed by atoms with Crippen LogP contribution < -0.4 is 4.90 Å². The molecule has 0 aliphatic rings. The molecule has 0 aliphatic heterocycles. The van der Waals surface area contributed by atoms with Crippen molar-refractivity contribution in [3.05, 3.63) is 27.9 Å². The maximum Gasteiger partial charge on any atom is 0.329 e. The number of hydrogen-bond acceptors (Lipinski definition) is 7. The number of rotatable bonds is 5. The van der Waals surface area contributed by atoms with Gasteiger partial charge in [0.05, 0.1) is 18.0 Å². The summed E-state index contributed by atoms with van der Waals surface area (Å²) in [5.41, 5.74) is -0.438. The van der Waals surface area contributed by atoms with Crippen molar-refractivity contribution < 1.29 is 14.5 Å². The second kappa shape index (κ2) is 6.47. The minimum atomic E-state index is -0.653. The summed E-state index contributed by atoms with van der Waals surface area (Å²) >= 11 is 0. The van der Waals surface area contributed by atoms with Crippen LogP contribution in [0, 0.1) is 27.4 Å². The van der Waals surface area contributed by atoms with Gasteiger partial charge in [-0.25, -0.2) is 4.98 Å². The van der Waals surface area contributed by atoms with Gasteiger partial charge in [0.1, 0.15) is 11.6 Å². The number of nitrogens with zero attached hydrogens (tertiary/aromatic N) is 4. The summed E-state index contributed by atoms with van der Waals surface area (Å²) in [6.07, 6.45) is 1.32. The molecule has 0 aliphatic carbocycles. The average Bonchev–Trinajstić information content (AvgIpc) is 2.44. The van der Waals surface area contributed by atoms with Crippen molar-refractivity contribution in [3.8, 4) is 6.07 Å².